The predicted octanol–water partition coefficient (Wildman–Crippen LogP) is 5.52. The Labute approximate surface area is 257 Å². The van der Waals surface area contributed by atoms with Gasteiger partial charge < -0.3 is 30.5 Å². The third kappa shape index (κ3) is 7.17. The van der Waals surface area contributed by atoms with E-state index in [1.54, 1.807) is 25.3 Å². The fourth-order valence-electron chi connectivity index (χ4n) is 5.48. The molecule has 0 bridgehead atoms. The van der Waals surface area contributed by atoms with Crippen molar-refractivity contribution in [1.29, 1.82) is 0 Å². The first-order valence-electron chi connectivity index (χ1n) is 14.2. The normalized spacial score (nSPS) is 16.3. The summed E-state index contributed by atoms with van der Waals surface area (Å²) in [5.74, 6) is 0.859. The molecule has 0 unspecified atom stereocenters. The minimum atomic E-state index is -0.308. The third-order valence-corrected chi connectivity index (χ3v) is 8.17. The number of rotatable bonds is 9. The first-order valence-corrected chi connectivity index (χ1v) is 14.6. The van der Waals surface area contributed by atoms with E-state index in [4.69, 9.17) is 22.9 Å². The Hall–Kier alpha value is -4.37. The van der Waals surface area contributed by atoms with Crippen LogP contribution in [0, 0.1) is 6.57 Å². The molecule has 2 fully saturated rings. The molecule has 3 N–H and O–H groups in total. The highest BCUT2D eigenvalue weighted by molar-refractivity contribution is 6.33. The Kier molecular flexibility index (Phi) is 9.61. The van der Waals surface area contributed by atoms with Gasteiger partial charge in [-0.2, -0.15) is 4.98 Å². The van der Waals surface area contributed by atoms with Crippen molar-refractivity contribution < 1.29 is 9.53 Å². The molecule has 2 saturated heterocycles. The summed E-state index contributed by atoms with van der Waals surface area (Å²) in [5.41, 5.74) is 3.10. The Balaban J connectivity index is 1.38. The Morgan fingerprint density at radius 1 is 1.09 bits per heavy atom. The minimum Gasteiger partial charge on any atom is -0.494 e. The van der Waals surface area contributed by atoms with E-state index in [1.165, 1.54) is 12.3 Å². The van der Waals surface area contributed by atoms with Crippen LogP contribution in [-0.2, 0) is 4.79 Å². The number of carbonyl (C=O) groups is 1. The number of nitrogens with zero attached hydrogens (tertiary/aromatic N) is 6. The van der Waals surface area contributed by atoms with Gasteiger partial charge in [-0.05, 0) is 38.1 Å². The van der Waals surface area contributed by atoms with Gasteiger partial charge in [0.25, 0.3) is 0 Å². The molecule has 3 heterocycles. The molecular formula is C31H36ClN9O2. The molecule has 5 rings (SSSR count). The van der Waals surface area contributed by atoms with Gasteiger partial charge in [0.1, 0.15) is 10.8 Å². The Morgan fingerprint density at radius 3 is 2.53 bits per heavy atom. The summed E-state index contributed by atoms with van der Waals surface area (Å²) in [5, 5.41) is 9.60. The maximum absolute atomic E-state index is 12.5. The number of carbonyl (C=O) groups excluding carboxylic acids is 1. The number of nitrogens with one attached hydrogen (secondary N) is 3. The van der Waals surface area contributed by atoms with Crippen LogP contribution in [0.1, 0.15) is 12.8 Å². The number of piperidine rings is 1. The second-order valence-corrected chi connectivity index (χ2v) is 11.0. The Bertz CT molecular complexity index is 1510. The van der Waals surface area contributed by atoms with Gasteiger partial charge in [-0.25, -0.2) is 9.83 Å². The number of piperazine rings is 1. The van der Waals surface area contributed by atoms with Crippen LogP contribution in [0.3, 0.4) is 0 Å². The van der Waals surface area contributed by atoms with Gasteiger partial charge in [-0.15, -0.1) is 0 Å². The van der Waals surface area contributed by atoms with Crippen LogP contribution < -0.4 is 25.6 Å². The average molecular weight is 602 g/mol. The maximum atomic E-state index is 12.5. The third-order valence-electron chi connectivity index (χ3n) is 7.89. The summed E-state index contributed by atoms with van der Waals surface area (Å²) in [6.45, 7) is 17.2. The van der Waals surface area contributed by atoms with Crippen molar-refractivity contribution in [2.24, 2.45) is 0 Å². The zero-order chi connectivity index (χ0) is 30.3. The predicted molar refractivity (Wildman–Crippen MR) is 172 cm³/mol. The van der Waals surface area contributed by atoms with Crippen molar-refractivity contribution in [2.75, 3.05) is 74.3 Å². The molecule has 1 aromatic heterocycles. The molecule has 0 saturated carbocycles. The summed E-state index contributed by atoms with van der Waals surface area (Å²) in [4.78, 5) is 32.2. The van der Waals surface area contributed by atoms with Crippen molar-refractivity contribution in [1.82, 2.24) is 19.8 Å². The van der Waals surface area contributed by atoms with Crippen molar-refractivity contribution in [3.63, 3.8) is 0 Å². The van der Waals surface area contributed by atoms with Crippen molar-refractivity contribution >= 4 is 57.7 Å². The maximum Gasteiger partial charge on any atom is 0.247 e. The molecule has 0 spiro atoms. The van der Waals surface area contributed by atoms with E-state index in [-0.39, 0.29) is 11.9 Å². The number of hydrogen-bond acceptors (Lipinski definition) is 9. The van der Waals surface area contributed by atoms with Crippen LogP contribution in [0.25, 0.3) is 4.85 Å². The van der Waals surface area contributed by atoms with Gasteiger partial charge in [-0.1, -0.05) is 36.4 Å². The second-order valence-electron chi connectivity index (χ2n) is 10.6. The number of methoxy groups -OCH3 is 1. The topological polar surface area (TPSA) is 102 Å². The van der Waals surface area contributed by atoms with Gasteiger partial charge >= 0.3 is 0 Å². The highest BCUT2D eigenvalue weighted by Crippen LogP contribution is 2.40. The lowest BCUT2D eigenvalue weighted by Crippen LogP contribution is -2.52. The zero-order valence-corrected chi connectivity index (χ0v) is 25.2. The number of anilines is 6. The lowest BCUT2D eigenvalue weighted by molar-refractivity contribution is -0.111. The van der Waals surface area contributed by atoms with Gasteiger partial charge in [0.2, 0.25) is 17.5 Å². The molecule has 1 amide bonds. The Morgan fingerprint density at radius 2 is 1.84 bits per heavy atom. The molecule has 224 valence electrons. The highest BCUT2D eigenvalue weighted by Gasteiger charge is 2.28. The standard InChI is InChI=1S/C31H36ClN9O2/c1-5-29(42)35-25-18-26(37-31-34-20-22(32)30(38-31)36-24-9-7-6-8-23(24)33-2)28(43-4)19-27(25)41-12-10-21(11-13-41)40-16-14-39(3)15-17-40/h5-9,18-21H,1,10-17H2,3-4H3,(H,35,42)(H2,34,36,37,38). The summed E-state index contributed by atoms with van der Waals surface area (Å²) in [6.07, 6.45) is 4.82. The fraction of sp³-hybridized carbons (Fsp3) is 0.355. The highest BCUT2D eigenvalue weighted by atomic mass is 35.5. The number of halogens is 1. The molecular weight excluding hydrogens is 566 g/mol. The lowest BCUT2D eigenvalue weighted by atomic mass is 10.0. The molecule has 43 heavy (non-hydrogen) atoms. The monoisotopic (exact) mass is 601 g/mol. The number of likely N-dealkylation sites (N-methyl/N-ethyl adjacent to an activating group) is 1. The number of ether oxygens (including phenoxy) is 1. The summed E-state index contributed by atoms with van der Waals surface area (Å²) in [6, 6.07) is 11.4. The number of aromatic nitrogens is 2. The van der Waals surface area contributed by atoms with Crippen LogP contribution in [0.5, 0.6) is 5.75 Å². The average Bonchev–Trinajstić information content (AvgIpc) is 3.03. The van der Waals surface area contributed by atoms with Gasteiger partial charge in [0, 0.05) is 57.1 Å². The summed E-state index contributed by atoms with van der Waals surface area (Å²) >= 11 is 6.39. The molecule has 2 aliphatic rings. The summed E-state index contributed by atoms with van der Waals surface area (Å²) < 4.78 is 5.78. The molecule has 2 aromatic carbocycles. The largest absolute Gasteiger partial charge is 0.494 e. The van der Waals surface area contributed by atoms with E-state index in [9.17, 15) is 4.79 Å². The first-order chi connectivity index (χ1) is 20.9. The van der Waals surface area contributed by atoms with Crippen molar-refractivity contribution in [3.05, 3.63) is 71.7 Å². The quantitative estimate of drug-likeness (QED) is 0.216. The van der Waals surface area contributed by atoms with Crippen molar-refractivity contribution in [3.8, 4) is 5.75 Å². The van der Waals surface area contributed by atoms with Gasteiger partial charge in [-0.3, -0.25) is 9.69 Å². The van der Waals surface area contributed by atoms with Crippen LogP contribution in [0.15, 0.2) is 55.3 Å². The molecule has 0 atom stereocenters. The van der Waals surface area contributed by atoms with E-state index >= 15 is 0 Å². The molecule has 0 radical (unpaired) electrons. The van der Waals surface area contributed by atoms with Crippen LogP contribution in [-0.4, -0.2) is 85.1 Å². The molecule has 0 aliphatic carbocycles. The van der Waals surface area contributed by atoms with Gasteiger partial charge in [0.15, 0.2) is 5.82 Å². The summed E-state index contributed by atoms with van der Waals surface area (Å²) in [7, 11) is 3.78. The molecule has 3 aromatic rings. The van der Waals surface area contributed by atoms with Crippen LogP contribution >= 0.6 is 11.6 Å². The number of benzene rings is 2. The molecule has 12 heteroatoms. The van der Waals surface area contributed by atoms with E-state index in [0.29, 0.717) is 45.4 Å². The fourth-order valence-corrected chi connectivity index (χ4v) is 5.62. The van der Waals surface area contributed by atoms with E-state index in [2.05, 4.69) is 59.1 Å². The molecule has 2 aliphatic heterocycles. The van der Waals surface area contributed by atoms with Crippen LogP contribution in [0.2, 0.25) is 5.02 Å². The van der Waals surface area contributed by atoms with E-state index < -0.39 is 0 Å². The van der Waals surface area contributed by atoms with E-state index in [1.807, 2.05) is 18.2 Å². The lowest BCUT2D eigenvalue weighted by Gasteiger charge is -2.43. The SMILES string of the molecule is [C-]#[N+]c1ccccc1Nc1nc(Nc2cc(NC(=O)C=C)c(N3CCC(N4CCN(C)CC4)CC3)cc2OC)ncc1Cl. The number of amides is 1. The first kappa shape index (κ1) is 30.1. The van der Waals surface area contributed by atoms with Crippen molar-refractivity contribution in [2.45, 2.75) is 18.9 Å². The second kappa shape index (κ2) is 13.7. The van der Waals surface area contributed by atoms with E-state index in [0.717, 1.165) is 57.8 Å². The minimum absolute atomic E-state index is 0.257. The van der Waals surface area contributed by atoms with Gasteiger partial charge in [0.05, 0.1) is 36.9 Å². The number of hydrogen-bond donors (Lipinski definition) is 3. The number of para-hydroxylation sites is 2. The smallest absolute Gasteiger partial charge is 0.247 e. The van der Waals surface area contributed by atoms with Crippen LogP contribution in [0.4, 0.5) is 40.2 Å². The zero-order valence-electron chi connectivity index (χ0n) is 24.4. The molecule has 11 nitrogen and oxygen atoms in total.